The summed E-state index contributed by atoms with van der Waals surface area (Å²) in [6.07, 6.45) is 6.77. The lowest BCUT2D eigenvalue weighted by atomic mass is 9.92. The summed E-state index contributed by atoms with van der Waals surface area (Å²) in [7, 11) is 0. The van der Waals surface area contributed by atoms with Crippen LogP contribution < -0.4 is 10.6 Å². The monoisotopic (exact) mass is 164 g/mol. The summed E-state index contributed by atoms with van der Waals surface area (Å²) in [5.41, 5.74) is 0. The van der Waals surface area contributed by atoms with Gasteiger partial charge in [-0.2, -0.15) is 5.26 Å². The van der Waals surface area contributed by atoms with Crippen molar-refractivity contribution in [3.05, 3.63) is 0 Å². The Kier molecular flexibility index (Phi) is 1.86. The molecule has 0 spiro atoms. The predicted octanol–water partition coefficient (Wildman–Crippen LogP) is 0.327. The molecule has 64 valence electrons. The Labute approximate surface area is 71.7 Å². The maximum Gasteiger partial charge on any atom is 0.205 e. The molecule has 2 aliphatic rings. The van der Waals surface area contributed by atoms with Crippen molar-refractivity contribution in [1.82, 2.24) is 10.6 Å². The third kappa shape index (κ3) is 1.22. The molecule has 1 heterocycles. The van der Waals surface area contributed by atoms with Crippen LogP contribution in [-0.2, 0) is 0 Å². The minimum atomic E-state index is 0.412. The van der Waals surface area contributed by atoms with Crippen LogP contribution in [0.3, 0.4) is 0 Å². The summed E-state index contributed by atoms with van der Waals surface area (Å²) >= 11 is 0. The molecule has 0 saturated heterocycles. The number of rotatable bonds is 0. The molecular weight excluding hydrogens is 152 g/mol. The van der Waals surface area contributed by atoms with Crippen LogP contribution in [0.1, 0.15) is 25.7 Å². The van der Waals surface area contributed by atoms with Crippen LogP contribution in [-0.4, -0.2) is 18.0 Å². The van der Waals surface area contributed by atoms with E-state index in [4.69, 9.17) is 5.26 Å². The third-order valence-electron chi connectivity index (χ3n) is 2.52. The number of fused-ring (bicyclic) bond motifs is 1. The van der Waals surface area contributed by atoms with E-state index in [2.05, 4.69) is 15.6 Å². The van der Waals surface area contributed by atoms with Gasteiger partial charge in [0.05, 0.1) is 12.1 Å². The van der Waals surface area contributed by atoms with Crippen molar-refractivity contribution >= 4 is 5.96 Å². The van der Waals surface area contributed by atoms with Crippen LogP contribution in [0.25, 0.3) is 0 Å². The molecule has 4 heteroatoms. The molecule has 1 aliphatic carbocycles. The van der Waals surface area contributed by atoms with Crippen LogP contribution in [0.5, 0.6) is 0 Å². The molecule has 0 radical (unpaired) electrons. The molecule has 4 nitrogen and oxygen atoms in total. The summed E-state index contributed by atoms with van der Waals surface area (Å²) in [4.78, 5) is 4.37. The molecule has 0 aromatic carbocycles. The molecule has 1 saturated carbocycles. The van der Waals surface area contributed by atoms with Gasteiger partial charge in [-0.15, -0.1) is 0 Å². The number of nitriles is 1. The normalized spacial score (nSPS) is 32.8. The molecule has 1 fully saturated rings. The molecule has 2 N–H and O–H groups in total. The third-order valence-corrected chi connectivity index (χ3v) is 2.52. The number of nitrogens with one attached hydrogen (secondary N) is 2. The molecule has 0 bridgehead atoms. The number of hydrogen-bond donors (Lipinski definition) is 2. The van der Waals surface area contributed by atoms with Crippen LogP contribution in [0, 0.1) is 11.5 Å². The standard InChI is InChI=1S/C8H12N4/c9-5-10-8-11-6-3-1-2-4-7(6)12-8/h6-7H,1-4H2,(H2,10,11,12)/t6-,7-/m0/s1. The number of guanidine groups is 1. The van der Waals surface area contributed by atoms with Gasteiger partial charge in [0.1, 0.15) is 0 Å². The van der Waals surface area contributed by atoms with E-state index < -0.39 is 0 Å². The number of aliphatic imine (C=N–C) groups is 1. The summed E-state index contributed by atoms with van der Waals surface area (Å²) in [5, 5.41) is 14.1. The zero-order valence-electron chi connectivity index (χ0n) is 6.88. The molecule has 0 aromatic heterocycles. The summed E-state index contributed by atoms with van der Waals surface area (Å²) < 4.78 is 0. The van der Waals surface area contributed by atoms with Crippen molar-refractivity contribution < 1.29 is 0 Å². The fraction of sp³-hybridized carbons (Fsp3) is 0.750. The van der Waals surface area contributed by atoms with E-state index in [0.29, 0.717) is 18.0 Å². The first kappa shape index (κ1) is 7.41. The van der Waals surface area contributed by atoms with Crippen molar-refractivity contribution in [3.63, 3.8) is 0 Å². The van der Waals surface area contributed by atoms with Gasteiger partial charge in [0.2, 0.25) is 5.96 Å². The van der Waals surface area contributed by atoms with Gasteiger partial charge in [-0.05, 0) is 12.8 Å². The van der Waals surface area contributed by atoms with E-state index in [9.17, 15) is 0 Å². The van der Waals surface area contributed by atoms with Gasteiger partial charge in [0, 0.05) is 0 Å². The highest BCUT2D eigenvalue weighted by molar-refractivity contribution is 5.83. The second-order valence-corrected chi connectivity index (χ2v) is 3.32. The quantitative estimate of drug-likeness (QED) is 0.400. The minimum Gasteiger partial charge on any atom is -0.351 e. The van der Waals surface area contributed by atoms with Crippen molar-refractivity contribution in [1.29, 1.82) is 5.26 Å². The Balaban J connectivity index is 2.00. The first-order valence-electron chi connectivity index (χ1n) is 4.39. The number of nitrogens with zero attached hydrogens (tertiary/aromatic N) is 2. The summed E-state index contributed by atoms with van der Waals surface area (Å²) in [6.45, 7) is 0. The fourth-order valence-corrected chi connectivity index (χ4v) is 1.93. The lowest BCUT2D eigenvalue weighted by molar-refractivity contribution is 0.384. The molecule has 0 amide bonds. The van der Waals surface area contributed by atoms with Crippen LogP contribution >= 0.6 is 0 Å². The fourth-order valence-electron chi connectivity index (χ4n) is 1.93. The van der Waals surface area contributed by atoms with Gasteiger partial charge in [0.25, 0.3) is 0 Å². The Morgan fingerprint density at radius 3 is 3.08 bits per heavy atom. The van der Waals surface area contributed by atoms with E-state index in [1.165, 1.54) is 19.3 Å². The Bertz CT molecular complexity index is 240. The van der Waals surface area contributed by atoms with Crippen molar-refractivity contribution in [3.8, 4) is 6.19 Å². The molecule has 1 aliphatic heterocycles. The van der Waals surface area contributed by atoms with Crippen LogP contribution in [0.4, 0.5) is 0 Å². The molecule has 12 heavy (non-hydrogen) atoms. The smallest absolute Gasteiger partial charge is 0.205 e. The predicted molar refractivity (Wildman–Crippen MR) is 45.4 cm³/mol. The van der Waals surface area contributed by atoms with E-state index in [1.54, 1.807) is 0 Å². The molecule has 2 rings (SSSR count). The van der Waals surface area contributed by atoms with Gasteiger partial charge in [-0.1, -0.05) is 12.8 Å². The van der Waals surface area contributed by atoms with Crippen molar-refractivity contribution in [2.45, 2.75) is 37.8 Å². The minimum absolute atomic E-state index is 0.412. The SMILES string of the molecule is N#CNC1=N[C@H]2CCCC[C@@H]2N1. The molecule has 2 atom stereocenters. The van der Waals surface area contributed by atoms with E-state index >= 15 is 0 Å². The zero-order valence-corrected chi connectivity index (χ0v) is 6.88. The highest BCUT2D eigenvalue weighted by Crippen LogP contribution is 2.23. The first-order chi connectivity index (χ1) is 5.90. The van der Waals surface area contributed by atoms with Gasteiger partial charge in [-0.3, -0.25) is 5.32 Å². The van der Waals surface area contributed by atoms with E-state index in [-0.39, 0.29) is 0 Å². The highest BCUT2D eigenvalue weighted by Gasteiger charge is 2.30. The molecular formula is C8H12N4. The van der Waals surface area contributed by atoms with Crippen molar-refractivity contribution in [2.75, 3.05) is 0 Å². The summed E-state index contributed by atoms with van der Waals surface area (Å²) in [6, 6.07) is 0.893. The van der Waals surface area contributed by atoms with Crippen molar-refractivity contribution in [2.24, 2.45) is 4.99 Å². The largest absolute Gasteiger partial charge is 0.351 e. The van der Waals surface area contributed by atoms with Gasteiger partial charge in [0.15, 0.2) is 6.19 Å². The maximum atomic E-state index is 8.38. The lowest BCUT2D eigenvalue weighted by Crippen LogP contribution is -2.40. The lowest BCUT2D eigenvalue weighted by Gasteiger charge is -2.22. The molecule has 0 aromatic rings. The summed E-state index contributed by atoms with van der Waals surface area (Å²) in [5.74, 6) is 0.661. The second-order valence-electron chi connectivity index (χ2n) is 3.32. The van der Waals surface area contributed by atoms with Gasteiger partial charge >= 0.3 is 0 Å². The Morgan fingerprint density at radius 2 is 2.33 bits per heavy atom. The topological polar surface area (TPSA) is 60.2 Å². The average molecular weight is 164 g/mol. The molecule has 0 unspecified atom stereocenters. The van der Waals surface area contributed by atoms with Gasteiger partial charge in [-0.25, -0.2) is 4.99 Å². The van der Waals surface area contributed by atoms with Crippen LogP contribution in [0.15, 0.2) is 4.99 Å². The van der Waals surface area contributed by atoms with E-state index in [0.717, 1.165) is 6.42 Å². The van der Waals surface area contributed by atoms with E-state index in [1.807, 2.05) is 6.19 Å². The Morgan fingerprint density at radius 1 is 1.50 bits per heavy atom. The average Bonchev–Trinajstić information content (AvgIpc) is 2.47. The number of hydrogen-bond acceptors (Lipinski definition) is 4. The Hall–Kier alpha value is -1.24. The second kappa shape index (κ2) is 3.02. The van der Waals surface area contributed by atoms with Gasteiger partial charge < -0.3 is 5.32 Å². The van der Waals surface area contributed by atoms with Crippen LogP contribution in [0.2, 0.25) is 0 Å². The highest BCUT2D eigenvalue weighted by atomic mass is 15.2. The maximum absolute atomic E-state index is 8.38. The first-order valence-corrected chi connectivity index (χ1v) is 4.39. The zero-order chi connectivity index (χ0) is 8.39.